The zero-order valence-electron chi connectivity index (χ0n) is 13.2. The highest BCUT2D eigenvalue weighted by molar-refractivity contribution is 7.89. The van der Waals surface area contributed by atoms with Crippen LogP contribution in [-0.2, 0) is 14.8 Å². The highest BCUT2D eigenvalue weighted by Gasteiger charge is 2.30. The van der Waals surface area contributed by atoms with Crippen LogP contribution in [0, 0.1) is 5.92 Å². The van der Waals surface area contributed by atoms with Crippen LogP contribution in [-0.4, -0.2) is 57.1 Å². The monoisotopic (exact) mass is 319 g/mol. The van der Waals surface area contributed by atoms with Gasteiger partial charge in [0.2, 0.25) is 15.9 Å². The van der Waals surface area contributed by atoms with Gasteiger partial charge in [-0.25, -0.2) is 12.7 Å². The maximum absolute atomic E-state index is 12.1. The summed E-state index contributed by atoms with van der Waals surface area (Å²) in [5.74, 6) is 0.228. The number of carbonyl (C=O) groups is 1. The maximum atomic E-state index is 12.1. The van der Waals surface area contributed by atoms with Crippen LogP contribution in [0.25, 0.3) is 0 Å². The number of likely N-dealkylation sites (N-methyl/N-ethyl adjacent to an activating group) is 1. The SMILES string of the molecule is CCCCS(=O)(=O)N1CCC(C(=O)NCCNCC)CC1. The maximum Gasteiger partial charge on any atom is 0.223 e. The number of nitrogens with zero attached hydrogens (tertiary/aromatic N) is 1. The first-order chi connectivity index (χ1) is 10.0. The molecule has 1 rings (SSSR count). The van der Waals surface area contributed by atoms with Crippen molar-refractivity contribution in [1.82, 2.24) is 14.9 Å². The number of hydrogen-bond donors (Lipinski definition) is 2. The van der Waals surface area contributed by atoms with Crippen molar-refractivity contribution in [3.63, 3.8) is 0 Å². The third-order valence-corrected chi connectivity index (χ3v) is 5.78. The summed E-state index contributed by atoms with van der Waals surface area (Å²) in [6.45, 7) is 7.24. The second-order valence-corrected chi connectivity index (χ2v) is 7.58. The molecular formula is C14H29N3O3S. The topological polar surface area (TPSA) is 78.5 Å². The minimum atomic E-state index is -3.13. The smallest absolute Gasteiger partial charge is 0.223 e. The first kappa shape index (κ1) is 18.4. The van der Waals surface area contributed by atoms with E-state index in [2.05, 4.69) is 10.6 Å². The average molecular weight is 319 g/mol. The molecule has 1 saturated heterocycles. The molecule has 2 N–H and O–H groups in total. The van der Waals surface area contributed by atoms with E-state index in [1.165, 1.54) is 0 Å². The van der Waals surface area contributed by atoms with Crippen LogP contribution in [0.1, 0.15) is 39.5 Å². The Bertz CT molecular complexity index is 404. The average Bonchev–Trinajstić information content (AvgIpc) is 2.49. The van der Waals surface area contributed by atoms with E-state index >= 15 is 0 Å². The van der Waals surface area contributed by atoms with Gasteiger partial charge in [0.25, 0.3) is 0 Å². The Morgan fingerprint density at radius 2 is 1.86 bits per heavy atom. The van der Waals surface area contributed by atoms with Gasteiger partial charge in [-0.2, -0.15) is 0 Å². The number of unbranched alkanes of at least 4 members (excludes halogenated alkanes) is 1. The lowest BCUT2D eigenvalue weighted by molar-refractivity contribution is -0.126. The van der Waals surface area contributed by atoms with Crippen molar-refractivity contribution in [3.05, 3.63) is 0 Å². The van der Waals surface area contributed by atoms with E-state index in [1.54, 1.807) is 4.31 Å². The molecule has 0 unspecified atom stereocenters. The predicted octanol–water partition coefficient (Wildman–Crippen LogP) is 0.554. The molecule has 1 aliphatic heterocycles. The molecule has 1 aliphatic rings. The first-order valence-electron chi connectivity index (χ1n) is 7.97. The van der Waals surface area contributed by atoms with Crippen LogP contribution in [0.3, 0.4) is 0 Å². The van der Waals surface area contributed by atoms with Crippen molar-refractivity contribution < 1.29 is 13.2 Å². The second kappa shape index (κ2) is 9.38. The minimum absolute atomic E-state index is 0.0516. The predicted molar refractivity (Wildman–Crippen MR) is 84.5 cm³/mol. The summed E-state index contributed by atoms with van der Waals surface area (Å²) in [5.41, 5.74) is 0. The molecule has 0 atom stereocenters. The summed E-state index contributed by atoms with van der Waals surface area (Å²) in [7, 11) is -3.13. The molecule has 1 amide bonds. The van der Waals surface area contributed by atoms with Crippen LogP contribution in [0.15, 0.2) is 0 Å². The Labute approximate surface area is 128 Å². The second-order valence-electron chi connectivity index (χ2n) is 5.49. The molecule has 7 heteroatoms. The number of carbonyl (C=O) groups excluding carboxylic acids is 1. The van der Waals surface area contributed by atoms with E-state index in [0.29, 0.717) is 38.9 Å². The summed E-state index contributed by atoms with van der Waals surface area (Å²) in [4.78, 5) is 12.0. The minimum Gasteiger partial charge on any atom is -0.355 e. The Balaban J connectivity index is 2.32. The van der Waals surface area contributed by atoms with Crippen LogP contribution in [0.4, 0.5) is 0 Å². The summed E-state index contributed by atoms with van der Waals surface area (Å²) in [6, 6.07) is 0. The normalized spacial score (nSPS) is 17.8. The quantitative estimate of drug-likeness (QED) is 0.609. The van der Waals surface area contributed by atoms with Gasteiger partial charge in [0.05, 0.1) is 5.75 Å². The number of sulfonamides is 1. The Hall–Kier alpha value is -0.660. The number of rotatable bonds is 9. The fraction of sp³-hybridized carbons (Fsp3) is 0.929. The fourth-order valence-electron chi connectivity index (χ4n) is 2.45. The van der Waals surface area contributed by atoms with Crippen molar-refractivity contribution in [2.45, 2.75) is 39.5 Å². The molecular weight excluding hydrogens is 290 g/mol. The molecule has 0 aromatic rings. The van der Waals surface area contributed by atoms with Crippen LogP contribution >= 0.6 is 0 Å². The largest absolute Gasteiger partial charge is 0.355 e. The van der Waals surface area contributed by atoms with Crippen molar-refractivity contribution in [1.29, 1.82) is 0 Å². The third-order valence-electron chi connectivity index (χ3n) is 3.82. The van der Waals surface area contributed by atoms with Crippen LogP contribution in [0.5, 0.6) is 0 Å². The van der Waals surface area contributed by atoms with Gasteiger partial charge >= 0.3 is 0 Å². The van der Waals surface area contributed by atoms with Gasteiger partial charge in [-0.1, -0.05) is 20.3 Å². The van der Waals surface area contributed by atoms with Crippen molar-refractivity contribution in [2.24, 2.45) is 5.92 Å². The van der Waals surface area contributed by atoms with Gasteiger partial charge in [-0.15, -0.1) is 0 Å². The zero-order valence-corrected chi connectivity index (χ0v) is 14.0. The van der Waals surface area contributed by atoms with Gasteiger partial charge in [0, 0.05) is 32.1 Å². The number of piperidine rings is 1. The lowest BCUT2D eigenvalue weighted by Crippen LogP contribution is -2.44. The molecule has 0 spiro atoms. The van der Waals surface area contributed by atoms with Crippen molar-refractivity contribution in [3.8, 4) is 0 Å². The molecule has 0 aromatic carbocycles. The third kappa shape index (κ3) is 6.32. The molecule has 0 saturated carbocycles. The van der Waals surface area contributed by atoms with Gasteiger partial charge < -0.3 is 10.6 Å². The van der Waals surface area contributed by atoms with Crippen molar-refractivity contribution >= 4 is 15.9 Å². The molecule has 124 valence electrons. The molecule has 0 aromatic heterocycles. The van der Waals surface area contributed by atoms with Gasteiger partial charge in [-0.05, 0) is 25.8 Å². The number of hydrogen-bond acceptors (Lipinski definition) is 4. The van der Waals surface area contributed by atoms with Crippen molar-refractivity contribution in [2.75, 3.05) is 38.5 Å². The van der Waals surface area contributed by atoms with Crippen LogP contribution < -0.4 is 10.6 Å². The molecule has 6 nitrogen and oxygen atoms in total. The Morgan fingerprint density at radius 3 is 2.43 bits per heavy atom. The van der Waals surface area contributed by atoms with Crippen LogP contribution in [0.2, 0.25) is 0 Å². The first-order valence-corrected chi connectivity index (χ1v) is 9.58. The van der Waals surface area contributed by atoms with E-state index in [9.17, 15) is 13.2 Å². The number of nitrogens with one attached hydrogen (secondary N) is 2. The van der Waals surface area contributed by atoms with Gasteiger partial charge in [0.1, 0.15) is 0 Å². The summed E-state index contributed by atoms with van der Waals surface area (Å²) >= 11 is 0. The molecule has 1 fully saturated rings. The van der Waals surface area contributed by atoms with E-state index < -0.39 is 10.0 Å². The molecule has 21 heavy (non-hydrogen) atoms. The van der Waals surface area contributed by atoms with Gasteiger partial charge in [-0.3, -0.25) is 4.79 Å². The summed E-state index contributed by atoms with van der Waals surface area (Å²) < 4.78 is 25.7. The Kier molecular flexibility index (Phi) is 8.21. The zero-order chi connectivity index (χ0) is 15.7. The van der Waals surface area contributed by atoms with E-state index in [-0.39, 0.29) is 17.6 Å². The lowest BCUT2D eigenvalue weighted by atomic mass is 9.97. The molecule has 0 radical (unpaired) electrons. The van der Waals surface area contributed by atoms with E-state index in [0.717, 1.165) is 19.5 Å². The summed E-state index contributed by atoms with van der Waals surface area (Å²) in [6.07, 6.45) is 2.83. The highest BCUT2D eigenvalue weighted by atomic mass is 32.2. The van der Waals surface area contributed by atoms with E-state index in [4.69, 9.17) is 0 Å². The summed E-state index contributed by atoms with van der Waals surface area (Å²) in [5, 5.41) is 6.06. The number of amides is 1. The molecule has 0 bridgehead atoms. The standard InChI is InChI=1S/C14H29N3O3S/c1-3-5-12-21(19,20)17-10-6-13(7-11-17)14(18)16-9-8-15-4-2/h13,15H,3-12H2,1-2H3,(H,16,18). The Morgan fingerprint density at radius 1 is 1.19 bits per heavy atom. The van der Waals surface area contributed by atoms with Gasteiger partial charge in [0.15, 0.2) is 0 Å². The molecule has 1 heterocycles. The molecule has 0 aliphatic carbocycles. The fourth-order valence-corrected chi connectivity index (χ4v) is 4.13. The lowest BCUT2D eigenvalue weighted by Gasteiger charge is -2.30. The highest BCUT2D eigenvalue weighted by Crippen LogP contribution is 2.20. The van der Waals surface area contributed by atoms with E-state index in [1.807, 2.05) is 13.8 Å².